The topological polar surface area (TPSA) is 43.4 Å². The molecule has 0 bridgehead atoms. The number of ether oxygens (including phenoxy) is 1. The molecule has 1 aliphatic rings. The van der Waals surface area contributed by atoms with Crippen molar-refractivity contribution in [2.24, 2.45) is 5.41 Å². The van der Waals surface area contributed by atoms with Crippen LogP contribution < -0.4 is 0 Å². The first-order valence-electron chi connectivity index (χ1n) is 6.70. The van der Waals surface area contributed by atoms with Crippen molar-refractivity contribution in [3.63, 3.8) is 0 Å². The fourth-order valence-electron chi connectivity index (χ4n) is 3.05. The SMILES string of the molecule is COC(=O)C1(c2ccc(Cl)cc2)CC(C)(C)CCC1=O. The molecule has 20 heavy (non-hydrogen) atoms. The van der Waals surface area contributed by atoms with Crippen molar-refractivity contribution in [1.29, 1.82) is 0 Å². The van der Waals surface area contributed by atoms with Gasteiger partial charge in [0, 0.05) is 11.4 Å². The number of rotatable bonds is 2. The summed E-state index contributed by atoms with van der Waals surface area (Å²) < 4.78 is 4.95. The van der Waals surface area contributed by atoms with Crippen molar-refractivity contribution in [3.05, 3.63) is 34.9 Å². The summed E-state index contributed by atoms with van der Waals surface area (Å²) in [4.78, 5) is 25.0. The van der Waals surface area contributed by atoms with E-state index in [1.165, 1.54) is 7.11 Å². The Bertz CT molecular complexity index is 523. The minimum absolute atomic E-state index is 0.0639. The summed E-state index contributed by atoms with van der Waals surface area (Å²) in [5.41, 5.74) is -0.602. The Labute approximate surface area is 124 Å². The van der Waals surface area contributed by atoms with Crippen molar-refractivity contribution < 1.29 is 14.3 Å². The van der Waals surface area contributed by atoms with Crippen LogP contribution in [0.15, 0.2) is 24.3 Å². The molecule has 2 rings (SSSR count). The van der Waals surface area contributed by atoms with Crippen LogP contribution in [0.2, 0.25) is 5.02 Å². The lowest BCUT2D eigenvalue weighted by atomic mass is 9.60. The number of hydrogen-bond donors (Lipinski definition) is 0. The highest BCUT2D eigenvalue weighted by Gasteiger charge is 2.53. The van der Waals surface area contributed by atoms with Gasteiger partial charge in [0.1, 0.15) is 0 Å². The van der Waals surface area contributed by atoms with Gasteiger partial charge in [-0.3, -0.25) is 9.59 Å². The molecule has 0 amide bonds. The van der Waals surface area contributed by atoms with Crippen LogP contribution in [-0.2, 0) is 19.7 Å². The molecule has 1 aromatic carbocycles. The third-order valence-corrected chi connectivity index (χ3v) is 4.37. The Morgan fingerprint density at radius 3 is 2.40 bits per heavy atom. The summed E-state index contributed by atoms with van der Waals surface area (Å²) in [7, 11) is 1.33. The largest absolute Gasteiger partial charge is 0.468 e. The lowest BCUT2D eigenvalue weighted by molar-refractivity contribution is -0.156. The zero-order valence-corrected chi connectivity index (χ0v) is 12.8. The second-order valence-electron chi connectivity index (χ2n) is 6.17. The minimum atomic E-state index is -1.19. The molecule has 1 aliphatic carbocycles. The fraction of sp³-hybridized carbons (Fsp3) is 0.500. The first-order valence-corrected chi connectivity index (χ1v) is 7.07. The monoisotopic (exact) mass is 294 g/mol. The summed E-state index contributed by atoms with van der Waals surface area (Å²) in [6, 6.07) is 6.91. The standard InChI is InChI=1S/C16H19ClO3/c1-15(2)9-8-13(18)16(10-15,14(19)20-3)11-4-6-12(17)7-5-11/h4-7H,8-10H2,1-3H3. The van der Waals surface area contributed by atoms with Gasteiger partial charge >= 0.3 is 5.97 Å². The van der Waals surface area contributed by atoms with Crippen molar-refractivity contribution in [1.82, 2.24) is 0 Å². The molecule has 0 aliphatic heterocycles. The van der Waals surface area contributed by atoms with Gasteiger partial charge in [0.2, 0.25) is 0 Å². The van der Waals surface area contributed by atoms with Gasteiger partial charge in [-0.25, -0.2) is 0 Å². The molecule has 4 heteroatoms. The zero-order valence-electron chi connectivity index (χ0n) is 12.0. The highest BCUT2D eigenvalue weighted by atomic mass is 35.5. The Kier molecular flexibility index (Phi) is 3.92. The molecule has 1 atom stereocenters. The highest BCUT2D eigenvalue weighted by molar-refractivity contribution is 6.30. The lowest BCUT2D eigenvalue weighted by Gasteiger charge is -2.41. The van der Waals surface area contributed by atoms with Gasteiger partial charge in [-0.2, -0.15) is 0 Å². The number of hydrogen-bond acceptors (Lipinski definition) is 3. The maximum Gasteiger partial charge on any atom is 0.323 e. The van der Waals surface area contributed by atoms with E-state index in [4.69, 9.17) is 16.3 Å². The van der Waals surface area contributed by atoms with E-state index in [1.54, 1.807) is 24.3 Å². The van der Waals surface area contributed by atoms with E-state index >= 15 is 0 Å². The molecule has 1 saturated carbocycles. The molecule has 3 nitrogen and oxygen atoms in total. The molecule has 0 heterocycles. The van der Waals surface area contributed by atoms with Crippen molar-refractivity contribution >= 4 is 23.4 Å². The van der Waals surface area contributed by atoms with Gasteiger partial charge in [0.25, 0.3) is 0 Å². The van der Waals surface area contributed by atoms with Crippen molar-refractivity contribution in [2.45, 2.75) is 38.5 Å². The molecule has 0 radical (unpaired) electrons. The molecule has 108 valence electrons. The van der Waals surface area contributed by atoms with Crippen LogP contribution in [0, 0.1) is 5.41 Å². The van der Waals surface area contributed by atoms with Gasteiger partial charge in [0.15, 0.2) is 11.2 Å². The third kappa shape index (κ3) is 2.47. The fourth-order valence-corrected chi connectivity index (χ4v) is 3.17. The molecule has 1 aromatic rings. The lowest BCUT2D eigenvalue weighted by Crippen LogP contribution is -2.50. The van der Waals surface area contributed by atoms with Gasteiger partial charge in [0.05, 0.1) is 7.11 Å². The molecule has 0 aromatic heterocycles. The molecule has 1 unspecified atom stereocenters. The van der Waals surface area contributed by atoms with E-state index in [1.807, 2.05) is 0 Å². The number of halogens is 1. The smallest absolute Gasteiger partial charge is 0.323 e. The van der Waals surface area contributed by atoms with Gasteiger partial charge < -0.3 is 4.74 Å². The first-order chi connectivity index (χ1) is 9.32. The second kappa shape index (κ2) is 5.21. The summed E-state index contributed by atoms with van der Waals surface area (Å²) in [5.74, 6) is -0.538. The summed E-state index contributed by atoms with van der Waals surface area (Å²) in [6.07, 6.45) is 1.65. The van der Waals surface area contributed by atoms with Crippen LogP contribution in [0.5, 0.6) is 0 Å². The third-order valence-electron chi connectivity index (χ3n) is 4.12. The minimum Gasteiger partial charge on any atom is -0.468 e. The normalized spacial score (nSPS) is 25.3. The number of benzene rings is 1. The maximum absolute atomic E-state index is 12.6. The molecular formula is C16H19ClO3. The van der Waals surface area contributed by atoms with E-state index in [-0.39, 0.29) is 11.2 Å². The van der Waals surface area contributed by atoms with Crippen LogP contribution >= 0.6 is 11.6 Å². The molecule has 0 saturated heterocycles. The predicted molar refractivity (Wildman–Crippen MR) is 77.8 cm³/mol. The van der Waals surface area contributed by atoms with E-state index in [9.17, 15) is 9.59 Å². The number of methoxy groups -OCH3 is 1. The van der Waals surface area contributed by atoms with Crippen LogP contribution in [0.1, 0.15) is 38.7 Å². The summed E-state index contributed by atoms with van der Waals surface area (Å²) in [5, 5.41) is 0.580. The summed E-state index contributed by atoms with van der Waals surface area (Å²) >= 11 is 5.90. The highest BCUT2D eigenvalue weighted by Crippen LogP contribution is 2.46. The van der Waals surface area contributed by atoms with Crippen LogP contribution in [0.25, 0.3) is 0 Å². The van der Waals surface area contributed by atoms with Crippen LogP contribution in [0.4, 0.5) is 0 Å². The number of carbonyl (C=O) groups excluding carboxylic acids is 2. The quantitative estimate of drug-likeness (QED) is 0.619. The first kappa shape index (κ1) is 15.0. The Balaban J connectivity index is 2.58. The van der Waals surface area contributed by atoms with Crippen LogP contribution in [0.3, 0.4) is 0 Å². The van der Waals surface area contributed by atoms with E-state index in [0.717, 1.165) is 6.42 Å². The maximum atomic E-state index is 12.6. The van der Waals surface area contributed by atoms with Crippen molar-refractivity contribution in [2.75, 3.05) is 7.11 Å². The van der Waals surface area contributed by atoms with Crippen molar-refractivity contribution in [3.8, 4) is 0 Å². The predicted octanol–water partition coefficient (Wildman–Crippen LogP) is 3.53. The average molecular weight is 295 g/mol. The number of Topliss-reactive ketones (excluding diaryl/α,β-unsaturated/α-hetero) is 1. The molecule has 1 fully saturated rings. The van der Waals surface area contributed by atoms with E-state index in [2.05, 4.69) is 13.8 Å². The second-order valence-corrected chi connectivity index (χ2v) is 6.60. The number of esters is 1. The Morgan fingerprint density at radius 2 is 1.85 bits per heavy atom. The van der Waals surface area contributed by atoms with E-state index in [0.29, 0.717) is 23.4 Å². The van der Waals surface area contributed by atoms with Gasteiger partial charge in [-0.15, -0.1) is 0 Å². The molecular weight excluding hydrogens is 276 g/mol. The Hall–Kier alpha value is -1.35. The Morgan fingerprint density at radius 1 is 1.25 bits per heavy atom. The number of ketones is 1. The molecule has 0 N–H and O–H groups in total. The zero-order chi connectivity index (χ0) is 15.0. The van der Waals surface area contributed by atoms with Crippen LogP contribution in [-0.4, -0.2) is 18.9 Å². The van der Waals surface area contributed by atoms with E-state index < -0.39 is 11.4 Å². The number of carbonyl (C=O) groups is 2. The average Bonchev–Trinajstić information content (AvgIpc) is 2.41. The van der Waals surface area contributed by atoms with Gasteiger partial charge in [-0.05, 0) is 36.0 Å². The molecule has 0 spiro atoms. The summed E-state index contributed by atoms with van der Waals surface area (Å²) in [6.45, 7) is 4.15. The van der Waals surface area contributed by atoms with Gasteiger partial charge in [-0.1, -0.05) is 37.6 Å².